The highest BCUT2D eigenvalue weighted by Gasteiger charge is 2.01. The predicted octanol–water partition coefficient (Wildman–Crippen LogP) is -0.380. The molecule has 0 fully saturated rings. The zero-order valence-corrected chi connectivity index (χ0v) is 9.08. The topological polar surface area (TPSA) is 96.0 Å². The molecule has 0 bridgehead atoms. The van der Waals surface area contributed by atoms with Crippen LogP contribution in [0.15, 0.2) is 0 Å². The molecule has 0 aliphatic rings. The Kier molecular flexibility index (Phi) is 8.20. The highest BCUT2D eigenvalue weighted by molar-refractivity contribution is 7.81. The van der Waals surface area contributed by atoms with E-state index in [4.69, 9.17) is 0 Å². The van der Waals surface area contributed by atoms with Crippen molar-refractivity contribution in [2.45, 2.75) is 13.8 Å². The normalized spacial score (nSPS) is 9.71. The van der Waals surface area contributed by atoms with Gasteiger partial charge in [-0.3, -0.25) is 18.0 Å². The lowest BCUT2D eigenvalue weighted by atomic mass is 10.7. The summed E-state index contributed by atoms with van der Waals surface area (Å²) in [6, 6.07) is 0. The van der Waals surface area contributed by atoms with Gasteiger partial charge in [-0.05, 0) is 0 Å². The molecule has 0 aromatic heterocycles. The van der Waals surface area contributed by atoms with Crippen molar-refractivity contribution in [3.8, 4) is 0 Å². The fourth-order valence-electron chi connectivity index (χ4n) is 0.270. The summed E-state index contributed by atoms with van der Waals surface area (Å²) in [5, 5.41) is 0. The maximum absolute atomic E-state index is 9.92. The second-order valence-corrected chi connectivity index (χ2v) is 3.31. The summed E-state index contributed by atoms with van der Waals surface area (Å²) in [4.78, 5) is 19.6. The highest BCUT2D eigenvalue weighted by Crippen LogP contribution is 1.85. The zero-order chi connectivity index (χ0) is 11.8. The fourth-order valence-corrected chi connectivity index (χ4v) is 0.407. The minimum absolute atomic E-state index is 0.562. The van der Waals surface area contributed by atoms with Gasteiger partial charge in [0.2, 0.25) is 0 Å². The molecule has 0 heterocycles. The number of carbonyl (C=O) groups is 2. The van der Waals surface area contributed by atoms with Gasteiger partial charge in [0.15, 0.2) is 0 Å². The van der Waals surface area contributed by atoms with E-state index in [1.807, 2.05) is 0 Å². The van der Waals surface area contributed by atoms with Crippen molar-refractivity contribution < 1.29 is 31.1 Å². The standard InChI is InChI=1S/C4H6O3.C2H6O4S/c1-3(5)7-4(2)6;1-5-7(3,4)6-2/h2*1-2H3. The molecule has 0 aromatic carbocycles. The van der Waals surface area contributed by atoms with Crippen molar-refractivity contribution in [3.05, 3.63) is 0 Å². The minimum Gasteiger partial charge on any atom is -0.394 e. The Morgan fingerprint density at radius 2 is 1.21 bits per heavy atom. The summed E-state index contributed by atoms with van der Waals surface area (Å²) in [5.41, 5.74) is 0. The molecule has 14 heavy (non-hydrogen) atoms. The Hall–Kier alpha value is -0.990. The van der Waals surface area contributed by atoms with Crippen LogP contribution in [0, 0.1) is 0 Å². The second-order valence-electron chi connectivity index (χ2n) is 1.83. The smallest absolute Gasteiger partial charge is 0.394 e. The molecule has 0 rings (SSSR count). The average molecular weight is 228 g/mol. The van der Waals surface area contributed by atoms with Gasteiger partial charge in [0.25, 0.3) is 0 Å². The molecule has 0 unspecified atom stereocenters. The zero-order valence-electron chi connectivity index (χ0n) is 8.27. The van der Waals surface area contributed by atoms with Gasteiger partial charge in [-0.15, -0.1) is 0 Å². The molecular formula is C6H12O7S. The average Bonchev–Trinajstić information content (AvgIpc) is 2.03. The molecule has 0 radical (unpaired) electrons. The number of carbonyl (C=O) groups excluding carboxylic acids is 2. The van der Waals surface area contributed by atoms with Crippen molar-refractivity contribution in [2.24, 2.45) is 0 Å². The van der Waals surface area contributed by atoms with Crippen LogP contribution < -0.4 is 0 Å². The molecule has 0 N–H and O–H groups in total. The lowest BCUT2D eigenvalue weighted by Gasteiger charge is -1.91. The third-order valence-electron chi connectivity index (χ3n) is 0.696. The van der Waals surface area contributed by atoms with E-state index in [-0.39, 0.29) is 0 Å². The summed E-state index contributed by atoms with van der Waals surface area (Å²) in [6.07, 6.45) is 0. The van der Waals surface area contributed by atoms with Crippen molar-refractivity contribution in [1.29, 1.82) is 0 Å². The molecular weight excluding hydrogens is 216 g/mol. The molecule has 8 heteroatoms. The number of hydrogen-bond donors (Lipinski definition) is 0. The lowest BCUT2D eigenvalue weighted by molar-refractivity contribution is -0.156. The van der Waals surface area contributed by atoms with Gasteiger partial charge in [0.05, 0.1) is 14.2 Å². The van der Waals surface area contributed by atoms with E-state index in [1.165, 1.54) is 13.8 Å². The van der Waals surface area contributed by atoms with Crippen LogP contribution in [-0.2, 0) is 33.1 Å². The molecule has 0 aliphatic heterocycles. The molecule has 7 nitrogen and oxygen atoms in total. The van der Waals surface area contributed by atoms with Crippen LogP contribution in [-0.4, -0.2) is 34.6 Å². The molecule has 0 aromatic rings. The van der Waals surface area contributed by atoms with Crippen molar-refractivity contribution in [1.82, 2.24) is 0 Å². The van der Waals surface area contributed by atoms with Gasteiger partial charge < -0.3 is 4.74 Å². The molecule has 0 saturated carbocycles. The highest BCUT2D eigenvalue weighted by atomic mass is 32.3. The first-order chi connectivity index (χ1) is 6.25. The van der Waals surface area contributed by atoms with Gasteiger partial charge in [-0.25, -0.2) is 0 Å². The van der Waals surface area contributed by atoms with Gasteiger partial charge in [-0.1, -0.05) is 0 Å². The van der Waals surface area contributed by atoms with Crippen LogP contribution in [0.3, 0.4) is 0 Å². The lowest BCUT2D eigenvalue weighted by Crippen LogP contribution is -2.03. The van der Waals surface area contributed by atoms with Crippen LogP contribution in [0.5, 0.6) is 0 Å². The van der Waals surface area contributed by atoms with Crippen molar-refractivity contribution >= 4 is 22.3 Å². The van der Waals surface area contributed by atoms with Crippen molar-refractivity contribution in [2.75, 3.05) is 14.2 Å². The molecule has 0 atom stereocenters. The van der Waals surface area contributed by atoms with Gasteiger partial charge in [-0.2, -0.15) is 8.42 Å². The number of ether oxygens (including phenoxy) is 1. The van der Waals surface area contributed by atoms with Crippen LogP contribution in [0.25, 0.3) is 0 Å². The van der Waals surface area contributed by atoms with E-state index in [1.54, 1.807) is 0 Å². The van der Waals surface area contributed by atoms with E-state index in [0.29, 0.717) is 0 Å². The monoisotopic (exact) mass is 228 g/mol. The molecule has 0 saturated heterocycles. The summed E-state index contributed by atoms with van der Waals surface area (Å²) in [6.45, 7) is 2.36. The van der Waals surface area contributed by atoms with Crippen LogP contribution >= 0.6 is 0 Å². The Morgan fingerprint density at radius 1 is 0.929 bits per heavy atom. The maximum Gasteiger partial charge on any atom is 0.399 e. The Morgan fingerprint density at radius 3 is 1.21 bits per heavy atom. The maximum atomic E-state index is 9.92. The minimum atomic E-state index is -3.66. The first kappa shape index (κ1) is 15.5. The molecule has 0 amide bonds. The molecule has 0 spiro atoms. The fraction of sp³-hybridized carbons (Fsp3) is 0.667. The summed E-state index contributed by atoms with van der Waals surface area (Å²) in [5.74, 6) is -1.12. The SMILES string of the molecule is CC(=O)OC(C)=O.COS(=O)(=O)OC. The first-order valence-corrected chi connectivity index (χ1v) is 4.63. The van der Waals surface area contributed by atoms with Crippen molar-refractivity contribution in [3.63, 3.8) is 0 Å². The Bertz CT molecular complexity index is 257. The van der Waals surface area contributed by atoms with E-state index in [2.05, 4.69) is 13.1 Å². The van der Waals surface area contributed by atoms with E-state index >= 15 is 0 Å². The van der Waals surface area contributed by atoms with Crippen LogP contribution in [0.1, 0.15) is 13.8 Å². The summed E-state index contributed by atoms with van der Waals surface area (Å²) in [7, 11) is -1.60. The largest absolute Gasteiger partial charge is 0.399 e. The van der Waals surface area contributed by atoms with Gasteiger partial charge in [0, 0.05) is 13.8 Å². The summed E-state index contributed by atoms with van der Waals surface area (Å²) < 4.78 is 31.5. The third-order valence-corrected chi connectivity index (χ3v) is 1.51. The van der Waals surface area contributed by atoms with E-state index in [9.17, 15) is 18.0 Å². The molecule has 0 aliphatic carbocycles. The molecule has 84 valence electrons. The van der Waals surface area contributed by atoms with Gasteiger partial charge in [0.1, 0.15) is 0 Å². The predicted molar refractivity (Wildman–Crippen MR) is 45.4 cm³/mol. The number of hydrogen-bond acceptors (Lipinski definition) is 7. The van der Waals surface area contributed by atoms with Gasteiger partial charge >= 0.3 is 22.3 Å². The van der Waals surface area contributed by atoms with E-state index in [0.717, 1.165) is 14.2 Å². The first-order valence-electron chi connectivity index (χ1n) is 3.30. The Balaban J connectivity index is 0. The number of esters is 2. The van der Waals surface area contributed by atoms with E-state index < -0.39 is 22.3 Å². The number of rotatable bonds is 2. The summed E-state index contributed by atoms with van der Waals surface area (Å²) >= 11 is 0. The second kappa shape index (κ2) is 7.42. The van der Waals surface area contributed by atoms with Crippen LogP contribution in [0.2, 0.25) is 0 Å². The van der Waals surface area contributed by atoms with Crippen LogP contribution in [0.4, 0.5) is 0 Å². The quantitative estimate of drug-likeness (QED) is 0.469. The Labute approximate surface area is 82.3 Å². The third kappa shape index (κ3) is 13.6.